The summed E-state index contributed by atoms with van der Waals surface area (Å²) < 4.78 is 40.4. The van der Waals surface area contributed by atoms with Crippen LogP contribution in [-0.4, -0.2) is 10.9 Å². The van der Waals surface area contributed by atoms with Crippen molar-refractivity contribution in [3.8, 4) is 0 Å². The molecule has 0 fully saturated rings. The highest BCUT2D eigenvalue weighted by molar-refractivity contribution is 5.94. The molecule has 3 rings (SSSR count). The lowest BCUT2D eigenvalue weighted by atomic mass is 10.0. The van der Waals surface area contributed by atoms with E-state index in [1.807, 2.05) is 0 Å². The first kappa shape index (κ1) is 17.7. The van der Waals surface area contributed by atoms with Gasteiger partial charge >= 0.3 is 0 Å². The number of amides is 1. The number of carbonyl (C=O) groups excluding carboxylic acids is 1. The summed E-state index contributed by atoms with van der Waals surface area (Å²) in [6, 6.07) is 13.3. The zero-order valence-corrected chi connectivity index (χ0v) is 13.6. The molecule has 3 nitrogen and oxygen atoms in total. The molecule has 2 aromatic carbocycles. The fraction of sp³-hybridized carbons (Fsp3) is 0.100. The van der Waals surface area contributed by atoms with Crippen LogP contribution in [0.3, 0.4) is 0 Å². The van der Waals surface area contributed by atoms with Crippen LogP contribution in [-0.2, 0) is 6.67 Å². The van der Waals surface area contributed by atoms with E-state index in [-0.39, 0.29) is 11.3 Å². The summed E-state index contributed by atoms with van der Waals surface area (Å²) in [4.78, 5) is 16.5. The van der Waals surface area contributed by atoms with Gasteiger partial charge in [-0.15, -0.1) is 0 Å². The van der Waals surface area contributed by atoms with Crippen LogP contribution in [0.5, 0.6) is 0 Å². The van der Waals surface area contributed by atoms with Crippen LogP contribution in [0.25, 0.3) is 0 Å². The van der Waals surface area contributed by atoms with Crippen molar-refractivity contribution in [2.24, 2.45) is 0 Å². The number of rotatable bonds is 5. The first-order chi connectivity index (χ1) is 12.6. The first-order valence-corrected chi connectivity index (χ1v) is 7.90. The molecule has 0 unspecified atom stereocenters. The predicted octanol–water partition coefficient (Wildman–Crippen LogP) is 4.35. The SMILES string of the molecule is O=C(N[C@@H](c1ccc(CF)cc1)c1ncccc1F)c1cccc(F)c1. The number of benzene rings is 2. The van der Waals surface area contributed by atoms with E-state index >= 15 is 0 Å². The van der Waals surface area contributed by atoms with E-state index in [0.29, 0.717) is 11.1 Å². The average molecular weight is 356 g/mol. The Morgan fingerprint density at radius 2 is 1.81 bits per heavy atom. The van der Waals surface area contributed by atoms with Crippen molar-refractivity contribution >= 4 is 5.91 Å². The molecule has 0 saturated carbocycles. The number of alkyl halides is 1. The zero-order chi connectivity index (χ0) is 18.5. The standard InChI is InChI=1S/C20H15F3N2O/c21-12-13-6-8-14(9-7-13)18(19-17(23)5-2-10-24-19)25-20(26)15-3-1-4-16(22)11-15/h1-11,18H,12H2,(H,25,26)/t18-/m0/s1. The third-order valence-electron chi connectivity index (χ3n) is 3.89. The summed E-state index contributed by atoms with van der Waals surface area (Å²) in [5.41, 5.74) is 1.12. The number of carbonyl (C=O) groups is 1. The van der Waals surface area contributed by atoms with Gasteiger partial charge in [-0.2, -0.15) is 0 Å². The molecule has 0 saturated heterocycles. The molecule has 6 heteroatoms. The molecule has 1 aromatic heterocycles. The number of nitrogens with zero attached hydrogens (tertiary/aromatic N) is 1. The van der Waals surface area contributed by atoms with E-state index in [1.54, 1.807) is 24.3 Å². The molecule has 0 aliphatic heterocycles. The highest BCUT2D eigenvalue weighted by Gasteiger charge is 2.22. The van der Waals surface area contributed by atoms with Crippen LogP contribution in [0.4, 0.5) is 13.2 Å². The molecule has 3 aromatic rings. The van der Waals surface area contributed by atoms with E-state index in [4.69, 9.17) is 0 Å². The van der Waals surface area contributed by atoms with Crippen molar-refractivity contribution in [2.45, 2.75) is 12.7 Å². The van der Waals surface area contributed by atoms with E-state index in [0.717, 1.165) is 6.07 Å². The minimum absolute atomic E-state index is 0.0188. The number of hydrogen-bond donors (Lipinski definition) is 1. The van der Waals surface area contributed by atoms with Gasteiger partial charge in [0.1, 0.15) is 24.0 Å². The van der Waals surface area contributed by atoms with Gasteiger partial charge in [0.05, 0.1) is 6.04 Å². The van der Waals surface area contributed by atoms with Crippen molar-refractivity contribution in [3.63, 3.8) is 0 Å². The monoisotopic (exact) mass is 356 g/mol. The number of hydrogen-bond acceptors (Lipinski definition) is 2. The average Bonchev–Trinajstić information content (AvgIpc) is 2.67. The number of aromatic nitrogens is 1. The van der Waals surface area contributed by atoms with Crippen molar-refractivity contribution in [1.29, 1.82) is 0 Å². The molecule has 0 bridgehead atoms. The largest absolute Gasteiger partial charge is 0.339 e. The maximum absolute atomic E-state index is 14.3. The lowest BCUT2D eigenvalue weighted by molar-refractivity contribution is 0.0941. The Labute approximate surface area is 148 Å². The van der Waals surface area contributed by atoms with Gasteiger partial charge in [0, 0.05) is 11.8 Å². The van der Waals surface area contributed by atoms with Crippen LogP contribution in [0.2, 0.25) is 0 Å². The van der Waals surface area contributed by atoms with Gasteiger partial charge in [-0.25, -0.2) is 13.2 Å². The summed E-state index contributed by atoms with van der Waals surface area (Å²) in [5, 5.41) is 2.67. The van der Waals surface area contributed by atoms with Crippen LogP contribution in [0, 0.1) is 11.6 Å². The second-order valence-corrected chi connectivity index (χ2v) is 5.66. The lowest BCUT2D eigenvalue weighted by Crippen LogP contribution is -2.30. The maximum atomic E-state index is 14.3. The Balaban J connectivity index is 1.97. The second-order valence-electron chi connectivity index (χ2n) is 5.66. The van der Waals surface area contributed by atoms with Gasteiger partial charge in [0.2, 0.25) is 0 Å². The van der Waals surface area contributed by atoms with Crippen molar-refractivity contribution in [1.82, 2.24) is 10.3 Å². The van der Waals surface area contributed by atoms with Crippen LogP contribution >= 0.6 is 0 Å². The maximum Gasteiger partial charge on any atom is 0.252 e. The Hall–Kier alpha value is -3.15. The molecule has 1 heterocycles. The molecule has 26 heavy (non-hydrogen) atoms. The highest BCUT2D eigenvalue weighted by atomic mass is 19.1. The first-order valence-electron chi connectivity index (χ1n) is 7.90. The number of nitrogens with one attached hydrogen (secondary N) is 1. The fourth-order valence-electron chi connectivity index (χ4n) is 2.56. The predicted molar refractivity (Wildman–Crippen MR) is 91.2 cm³/mol. The normalized spacial score (nSPS) is 11.8. The van der Waals surface area contributed by atoms with Gasteiger partial charge in [-0.05, 0) is 41.5 Å². The van der Waals surface area contributed by atoms with Gasteiger partial charge in [0.25, 0.3) is 5.91 Å². The smallest absolute Gasteiger partial charge is 0.252 e. The van der Waals surface area contributed by atoms with Crippen molar-refractivity contribution < 1.29 is 18.0 Å². The molecule has 0 aliphatic rings. The molecule has 132 valence electrons. The molecular weight excluding hydrogens is 341 g/mol. The third kappa shape index (κ3) is 3.91. The minimum atomic E-state index is -0.902. The van der Waals surface area contributed by atoms with Crippen molar-refractivity contribution in [3.05, 3.63) is 101 Å². The highest BCUT2D eigenvalue weighted by Crippen LogP contribution is 2.24. The quantitative estimate of drug-likeness (QED) is 0.739. The third-order valence-corrected chi connectivity index (χ3v) is 3.89. The number of halogens is 3. The van der Waals surface area contributed by atoms with E-state index in [1.165, 1.54) is 36.5 Å². The van der Waals surface area contributed by atoms with E-state index in [9.17, 15) is 18.0 Å². The molecule has 0 radical (unpaired) electrons. The fourth-order valence-corrected chi connectivity index (χ4v) is 2.56. The Kier molecular flexibility index (Phi) is 5.31. The van der Waals surface area contributed by atoms with Crippen LogP contribution in [0.1, 0.15) is 33.2 Å². The summed E-state index contributed by atoms with van der Waals surface area (Å²) in [6.45, 7) is -0.626. The van der Waals surface area contributed by atoms with E-state index in [2.05, 4.69) is 10.3 Å². The Morgan fingerprint density at radius 1 is 1.04 bits per heavy atom. The van der Waals surface area contributed by atoms with Crippen LogP contribution < -0.4 is 5.32 Å². The summed E-state index contributed by atoms with van der Waals surface area (Å²) in [7, 11) is 0. The van der Waals surface area contributed by atoms with Gasteiger partial charge in [-0.3, -0.25) is 9.78 Å². The zero-order valence-electron chi connectivity index (χ0n) is 13.6. The minimum Gasteiger partial charge on any atom is -0.339 e. The summed E-state index contributed by atoms with van der Waals surface area (Å²) in [5.74, 6) is -1.72. The van der Waals surface area contributed by atoms with Gasteiger partial charge in [0.15, 0.2) is 0 Å². The van der Waals surface area contributed by atoms with Crippen molar-refractivity contribution in [2.75, 3.05) is 0 Å². The molecular formula is C20H15F3N2O. The van der Waals surface area contributed by atoms with E-state index < -0.39 is 30.3 Å². The molecule has 1 atom stereocenters. The Morgan fingerprint density at radius 3 is 2.46 bits per heavy atom. The number of pyridine rings is 1. The lowest BCUT2D eigenvalue weighted by Gasteiger charge is -2.19. The summed E-state index contributed by atoms with van der Waals surface area (Å²) in [6.07, 6.45) is 1.41. The molecule has 0 spiro atoms. The van der Waals surface area contributed by atoms with Gasteiger partial charge < -0.3 is 5.32 Å². The summed E-state index contributed by atoms with van der Waals surface area (Å²) >= 11 is 0. The second kappa shape index (κ2) is 7.82. The van der Waals surface area contributed by atoms with Gasteiger partial charge in [-0.1, -0.05) is 30.3 Å². The topological polar surface area (TPSA) is 42.0 Å². The molecule has 1 N–H and O–H groups in total. The van der Waals surface area contributed by atoms with Crippen LogP contribution in [0.15, 0.2) is 66.9 Å². The molecule has 0 aliphatic carbocycles. The Bertz CT molecular complexity index is 913. The molecule has 1 amide bonds.